The van der Waals surface area contributed by atoms with E-state index < -0.39 is 0 Å². The third-order valence-corrected chi connectivity index (χ3v) is 5.86. The van der Waals surface area contributed by atoms with E-state index in [1.54, 1.807) is 0 Å². The van der Waals surface area contributed by atoms with Gasteiger partial charge in [0.15, 0.2) is 0 Å². The number of hydrogen-bond donors (Lipinski definition) is 0. The Labute approximate surface area is 154 Å². The van der Waals surface area contributed by atoms with E-state index in [1.165, 1.54) is 0 Å². The predicted molar refractivity (Wildman–Crippen MR) is 100 cm³/mol. The van der Waals surface area contributed by atoms with Gasteiger partial charge in [0.1, 0.15) is 11.9 Å². The molecule has 3 aliphatic rings. The quantitative estimate of drug-likeness (QED) is 0.761. The number of fused-ring (bicyclic) bond motifs is 1. The van der Waals surface area contributed by atoms with Crippen LogP contribution in [-0.2, 0) is 14.3 Å². The van der Waals surface area contributed by atoms with E-state index in [4.69, 9.17) is 4.74 Å². The van der Waals surface area contributed by atoms with Gasteiger partial charge in [0.2, 0.25) is 0 Å². The molecule has 0 bridgehead atoms. The first-order valence-corrected chi connectivity index (χ1v) is 9.72. The Kier molecular flexibility index (Phi) is 4.75. The fraction of sp³-hybridized carbons (Fsp3) is 0.500. The number of ether oxygens (including phenoxy) is 1. The van der Waals surface area contributed by atoms with Crippen molar-refractivity contribution in [1.29, 1.82) is 0 Å². The SMILES string of the molecule is CC1=C(C(=O)OC2CCCC2)[C@H](c2ccccc2)[C@@H]2C(=O)CCCC2=N1. The van der Waals surface area contributed by atoms with E-state index in [-0.39, 0.29) is 29.7 Å². The van der Waals surface area contributed by atoms with Crippen LogP contribution in [0.3, 0.4) is 0 Å². The van der Waals surface area contributed by atoms with Gasteiger partial charge in [-0.1, -0.05) is 30.3 Å². The Morgan fingerprint density at radius 1 is 1.04 bits per heavy atom. The summed E-state index contributed by atoms with van der Waals surface area (Å²) in [7, 11) is 0. The number of allylic oxidation sites excluding steroid dienone is 1. The molecule has 1 aliphatic heterocycles. The lowest BCUT2D eigenvalue weighted by atomic mass is 9.69. The Balaban J connectivity index is 1.75. The summed E-state index contributed by atoms with van der Waals surface area (Å²) < 4.78 is 5.81. The average Bonchev–Trinajstić information content (AvgIpc) is 3.14. The van der Waals surface area contributed by atoms with Crippen molar-refractivity contribution in [2.24, 2.45) is 10.9 Å². The number of carbonyl (C=O) groups is 2. The Hall–Kier alpha value is -2.23. The van der Waals surface area contributed by atoms with Crippen LogP contribution in [0.25, 0.3) is 0 Å². The topological polar surface area (TPSA) is 55.7 Å². The minimum absolute atomic E-state index is 0.00616. The van der Waals surface area contributed by atoms with Gasteiger partial charge in [-0.15, -0.1) is 0 Å². The third-order valence-electron chi connectivity index (χ3n) is 5.86. The Morgan fingerprint density at radius 3 is 2.50 bits per heavy atom. The van der Waals surface area contributed by atoms with Crippen molar-refractivity contribution >= 4 is 17.5 Å². The first kappa shape index (κ1) is 17.2. The number of hydrogen-bond acceptors (Lipinski definition) is 4. The molecule has 1 aromatic carbocycles. The number of benzene rings is 1. The smallest absolute Gasteiger partial charge is 0.336 e. The van der Waals surface area contributed by atoms with Crippen LogP contribution in [0.2, 0.25) is 0 Å². The number of carbonyl (C=O) groups excluding carboxylic acids is 2. The molecule has 0 spiro atoms. The highest BCUT2D eigenvalue weighted by Gasteiger charge is 2.44. The second-order valence-corrected chi connectivity index (χ2v) is 7.60. The van der Waals surface area contributed by atoms with Crippen molar-refractivity contribution in [2.45, 2.75) is 63.9 Å². The maximum Gasteiger partial charge on any atom is 0.336 e. The van der Waals surface area contributed by atoms with E-state index in [9.17, 15) is 9.59 Å². The molecule has 2 fully saturated rings. The number of ketones is 1. The summed E-state index contributed by atoms with van der Waals surface area (Å²) >= 11 is 0. The van der Waals surface area contributed by atoms with Crippen LogP contribution in [0.4, 0.5) is 0 Å². The summed E-state index contributed by atoms with van der Waals surface area (Å²) in [4.78, 5) is 30.5. The van der Waals surface area contributed by atoms with Crippen molar-refractivity contribution in [3.63, 3.8) is 0 Å². The van der Waals surface area contributed by atoms with Gasteiger partial charge < -0.3 is 4.74 Å². The van der Waals surface area contributed by atoms with Gasteiger partial charge in [-0.3, -0.25) is 9.79 Å². The fourth-order valence-corrected chi connectivity index (χ4v) is 4.63. The molecule has 4 nitrogen and oxygen atoms in total. The van der Waals surface area contributed by atoms with Gasteiger partial charge in [-0.2, -0.15) is 0 Å². The van der Waals surface area contributed by atoms with Gasteiger partial charge in [0.05, 0.1) is 11.5 Å². The summed E-state index contributed by atoms with van der Waals surface area (Å²) in [6.45, 7) is 1.88. The van der Waals surface area contributed by atoms with Crippen molar-refractivity contribution in [3.8, 4) is 0 Å². The molecule has 0 unspecified atom stereocenters. The number of rotatable bonds is 3. The van der Waals surface area contributed by atoms with E-state index in [0.29, 0.717) is 17.7 Å². The standard InChI is InChI=1S/C22H25NO3/c1-14-19(22(25)26-16-10-5-6-11-16)20(15-8-3-2-4-9-15)21-17(23-14)12-7-13-18(21)24/h2-4,8-9,16,20-21H,5-7,10-13H2,1H3/t20-,21-/m0/s1. The zero-order valence-corrected chi connectivity index (χ0v) is 15.2. The highest BCUT2D eigenvalue weighted by atomic mass is 16.5. The van der Waals surface area contributed by atoms with Gasteiger partial charge >= 0.3 is 5.97 Å². The number of aliphatic imine (C=N–C) groups is 1. The molecule has 0 amide bonds. The van der Waals surface area contributed by atoms with Crippen LogP contribution in [-0.4, -0.2) is 23.6 Å². The molecular weight excluding hydrogens is 326 g/mol. The molecule has 2 aliphatic carbocycles. The molecule has 0 saturated heterocycles. The third kappa shape index (κ3) is 3.13. The van der Waals surface area contributed by atoms with Crippen LogP contribution in [0.5, 0.6) is 0 Å². The lowest BCUT2D eigenvalue weighted by Crippen LogP contribution is -2.39. The average molecular weight is 351 g/mol. The number of Topliss-reactive ketones (excluding diaryl/α,β-unsaturated/α-hetero) is 1. The molecule has 0 radical (unpaired) electrons. The summed E-state index contributed by atoms with van der Waals surface area (Å²) in [5.41, 5.74) is 3.22. The lowest BCUT2D eigenvalue weighted by molar-refractivity contribution is -0.144. The van der Waals surface area contributed by atoms with Crippen LogP contribution in [0.15, 0.2) is 46.6 Å². The van der Waals surface area contributed by atoms with Crippen LogP contribution in [0, 0.1) is 5.92 Å². The molecule has 26 heavy (non-hydrogen) atoms. The lowest BCUT2D eigenvalue weighted by Gasteiger charge is -2.35. The molecule has 1 heterocycles. The minimum Gasteiger partial charge on any atom is -0.459 e. The van der Waals surface area contributed by atoms with Crippen molar-refractivity contribution in [3.05, 3.63) is 47.2 Å². The minimum atomic E-state index is -0.319. The fourth-order valence-electron chi connectivity index (χ4n) is 4.63. The molecule has 1 aromatic rings. The van der Waals surface area contributed by atoms with Crippen molar-refractivity contribution in [2.75, 3.05) is 0 Å². The zero-order valence-electron chi connectivity index (χ0n) is 15.2. The van der Waals surface area contributed by atoms with Crippen molar-refractivity contribution in [1.82, 2.24) is 0 Å². The van der Waals surface area contributed by atoms with Crippen molar-refractivity contribution < 1.29 is 14.3 Å². The summed E-state index contributed by atoms with van der Waals surface area (Å²) in [6.07, 6.45) is 6.36. The maximum atomic E-state index is 13.1. The van der Waals surface area contributed by atoms with Crippen LogP contribution in [0.1, 0.15) is 63.4 Å². The van der Waals surface area contributed by atoms with E-state index in [1.807, 2.05) is 37.3 Å². The first-order chi connectivity index (χ1) is 12.6. The summed E-state index contributed by atoms with van der Waals surface area (Å²) in [6, 6.07) is 9.89. The highest BCUT2D eigenvalue weighted by Crippen LogP contribution is 2.43. The van der Waals surface area contributed by atoms with Crippen LogP contribution >= 0.6 is 0 Å². The number of nitrogens with zero attached hydrogens (tertiary/aromatic N) is 1. The second kappa shape index (κ2) is 7.18. The molecule has 0 aromatic heterocycles. The Morgan fingerprint density at radius 2 is 1.77 bits per heavy atom. The monoisotopic (exact) mass is 351 g/mol. The molecule has 136 valence electrons. The van der Waals surface area contributed by atoms with E-state index >= 15 is 0 Å². The zero-order chi connectivity index (χ0) is 18.1. The van der Waals surface area contributed by atoms with Gasteiger partial charge in [-0.05, 0) is 51.0 Å². The van der Waals surface area contributed by atoms with Crippen LogP contribution < -0.4 is 0 Å². The largest absolute Gasteiger partial charge is 0.459 e. The molecular formula is C22H25NO3. The van der Waals surface area contributed by atoms with Gasteiger partial charge in [-0.25, -0.2) is 4.79 Å². The molecule has 2 atom stereocenters. The first-order valence-electron chi connectivity index (χ1n) is 9.72. The Bertz CT molecular complexity index is 772. The second-order valence-electron chi connectivity index (χ2n) is 7.60. The summed E-state index contributed by atoms with van der Waals surface area (Å²) in [5, 5.41) is 0. The maximum absolute atomic E-state index is 13.1. The molecule has 4 rings (SSSR count). The van der Waals surface area contributed by atoms with E-state index in [0.717, 1.165) is 49.8 Å². The van der Waals surface area contributed by atoms with Gasteiger partial charge in [0.25, 0.3) is 0 Å². The summed E-state index contributed by atoms with van der Waals surface area (Å²) in [5.74, 6) is -0.682. The number of esters is 1. The van der Waals surface area contributed by atoms with Gasteiger partial charge in [0, 0.05) is 23.7 Å². The predicted octanol–water partition coefficient (Wildman–Crippen LogP) is 4.35. The normalized spacial score (nSPS) is 26.5. The van der Waals surface area contributed by atoms with E-state index in [2.05, 4.69) is 4.99 Å². The molecule has 2 saturated carbocycles. The molecule has 4 heteroatoms. The highest BCUT2D eigenvalue weighted by molar-refractivity contribution is 6.11. The molecule has 0 N–H and O–H groups in total.